The molecule has 0 amide bonds. The Hall–Kier alpha value is -1.24. The van der Waals surface area contributed by atoms with Crippen LogP contribution in [0.5, 0.6) is 5.75 Å². The van der Waals surface area contributed by atoms with Crippen LogP contribution >= 0.6 is 8.60 Å². The average molecular weight is 543 g/mol. The number of hydrogen-bond donors (Lipinski definition) is 2. The monoisotopic (exact) mass is 542 g/mol. The molecule has 0 bridgehead atoms. The predicted molar refractivity (Wildman–Crippen MR) is 151 cm³/mol. The molecule has 0 saturated carbocycles. The van der Waals surface area contributed by atoms with Crippen LogP contribution < -0.4 is 10.1 Å². The van der Waals surface area contributed by atoms with Crippen LogP contribution in [-0.2, 0) is 25.0 Å². The Kier molecular flexibility index (Phi) is 21.8. The largest absolute Gasteiger partial charge is 0.493 e. The molecule has 1 aromatic carbocycles. The molecular weight excluding hydrogens is 489 g/mol. The van der Waals surface area contributed by atoms with E-state index in [0.717, 1.165) is 24.3 Å². The summed E-state index contributed by atoms with van der Waals surface area (Å²) in [5.74, 6) is 0.511. The minimum Gasteiger partial charge on any atom is -0.493 e. The smallest absolute Gasteiger partial charge is 0.330 e. The molecule has 0 saturated heterocycles. The molecule has 37 heavy (non-hydrogen) atoms. The molecule has 2 atom stereocenters. The summed E-state index contributed by atoms with van der Waals surface area (Å²) in [7, 11) is -0.0709. The number of unbranched alkanes of at least 4 members (excludes halogenated alkanes) is 11. The summed E-state index contributed by atoms with van der Waals surface area (Å²) < 4.78 is 22.4. The molecule has 0 aliphatic carbocycles. The highest BCUT2D eigenvalue weighted by Crippen LogP contribution is 2.33. The van der Waals surface area contributed by atoms with E-state index in [1.54, 1.807) is 6.92 Å². The molecule has 0 spiro atoms. The molecule has 7 nitrogen and oxygen atoms in total. The molecule has 8 heteroatoms. The normalized spacial score (nSPS) is 12.9. The molecule has 0 radical (unpaired) electrons. The van der Waals surface area contributed by atoms with Crippen molar-refractivity contribution in [2.75, 3.05) is 33.4 Å². The Morgan fingerprint density at radius 3 is 2.14 bits per heavy atom. The molecule has 3 N–H and O–H groups in total. The maximum Gasteiger partial charge on any atom is 0.330 e. The first kappa shape index (κ1) is 33.8. The maximum absolute atomic E-state index is 12.0. The minimum atomic E-state index is -2.00. The lowest BCUT2D eigenvalue weighted by Gasteiger charge is -2.20. The number of ether oxygens (including phenoxy) is 2. The molecule has 0 heterocycles. The van der Waals surface area contributed by atoms with Crippen molar-refractivity contribution in [3.63, 3.8) is 0 Å². The maximum atomic E-state index is 12.0. The lowest BCUT2D eigenvalue weighted by atomic mass is 10.1. The van der Waals surface area contributed by atoms with Gasteiger partial charge in [-0.25, -0.2) is 0 Å². The standard InChI is InChI=1S/C29H52NO6P/c1-4-6-7-8-9-10-11-12-13-14-15-18-22-33-28-20-17-16-19-26(28)24-27(36-29(31)5-2)25-35-37(32)34-23-21-30-3/h16-17,19-20,27,30,32H,4-15,18,21-25H2,1-3H3/p+1. The van der Waals surface area contributed by atoms with E-state index in [1.807, 2.05) is 36.6 Å². The third-order valence-corrected chi connectivity index (χ3v) is 7.01. The van der Waals surface area contributed by atoms with Crippen LogP contribution in [0.3, 0.4) is 0 Å². The second kappa shape index (κ2) is 23.8. The zero-order valence-corrected chi connectivity index (χ0v) is 24.5. The molecule has 0 aromatic heterocycles. The summed E-state index contributed by atoms with van der Waals surface area (Å²) in [5, 5.41) is 1.96. The summed E-state index contributed by atoms with van der Waals surface area (Å²) in [5.41, 5.74) is 0.961. The third-order valence-electron chi connectivity index (χ3n) is 6.24. The summed E-state index contributed by atoms with van der Waals surface area (Å²) >= 11 is 0. The molecule has 2 unspecified atom stereocenters. The van der Waals surface area contributed by atoms with E-state index < -0.39 is 14.7 Å². The van der Waals surface area contributed by atoms with E-state index in [1.165, 1.54) is 70.6 Å². The van der Waals surface area contributed by atoms with Crippen molar-refractivity contribution in [3.05, 3.63) is 29.8 Å². The number of quaternary nitrogens is 1. The van der Waals surface area contributed by atoms with E-state index in [2.05, 4.69) is 6.92 Å². The van der Waals surface area contributed by atoms with Gasteiger partial charge in [-0.05, 0) is 18.1 Å². The lowest BCUT2D eigenvalue weighted by Crippen LogP contribution is -2.80. The Morgan fingerprint density at radius 1 is 0.892 bits per heavy atom. The van der Waals surface area contributed by atoms with Gasteiger partial charge in [0.25, 0.3) is 0 Å². The summed E-state index contributed by atoms with van der Waals surface area (Å²) in [6, 6.07) is 7.85. The van der Waals surface area contributed by atoms with Gasteiger partial charge < -0.3 is 28.7 Å². The highest BCUT2D eigenvalue weighted by molar-refractivity contribution is 7.40. The van der Waals surface area contributed by atoms with E-state index in [0.29, 0.717) is 19.6 Å². The first-order valence-corrected chi connectivity index (χ1v) is 15.7. The van der Waals surface area contributed by atoms with Gasteiger partial charge in [-0.2, -0.15) is 0 Å². The fourth-order valence-corrected chi connectivity index (χ4v) is 4.65. The molecule has 1 aromatic rings. The Morgan fingerprint density at radius 2 is 1.51 bits per heavy atom. The first-order valence-electron chi connectivity index (χ1n) is 14.5. The second-order valence-electron chi connectivity index (χ2n) is 9.58. The van der Waals surface area contributed by atoms with E-state index in [9.17, 15) is 9.69 Å². The topological polar surface area (TPSA) is 90.8 Å². The van der Waals surface area contributed by atoms with Crippen LogP contribution in [0.1, 0.15) is 103 Å². The van der Waals surface area contributed by atoms with Crippen LogP contribution in [-0.4, -0.2) is 50.4 Å². The van der Waals surface area contributed by atoms with Gasteiger partial charge in [0.2, 0.25) is 0 Å². The van der Waals surface area contributed by atoms with Gasteiger partial charge in [-0.1, -0.05) is 103 Å². The number of likely N-dealkylation sites (N-methyl/N-ethyl adjacent to an activating group) is 1. The Bertz CT molecular complexity index is 678. The molecule has 0 fully saturated rings. The highest BCUT2D eigenvalue weighted by atomic mass is 31.2. The van der Waals surface area contributed by atoms with Crippen LogP contribution in [0.2, 0.25) is 0 Å². The van der Waals surface area contributed by atoms with Crippen LogP contribution in [0, 0.1) is 0 Å². The van der Waals surface area contributed by atoms with Crippen LogP contribution in [0.15, 0.2) is 24.3 Å². The van der Waals surface area contributed by atoms with Crippen molar-refractivity contribution in [1.82, 2.24) is 0 Å². The fraction of sp³-hybridized carbons (Fsp3) is 0.759. The minimum absolute atomic E-state index is 0.0663. The summed E-state index contributed by atoms with van der Waals surface area (Å²) in [4.78, 5) is 21.9. The van der Waals surface area contributed by atoms with Gasteiger partial charge in [-0.3, -0.25) is 4.79 Å². The quantitative estimate of drug-likeness (QED) is 0.0885. The number of hydrogen-bond acceptors (Lipinski definition) is 6. The average Bonchev–Trinajstić information content (AvgIpc) is 2.90. The van der Waals surface area contributed by atoms with Crippen molar-refractivity contribution in [1.29, 1.82) is 0 Å². The van der Waals surface area contributed by atoms with E-state index in [4.69, 9.17) is 18.5 Å². The number of para-hydroxylation sites is 1. The van der Waals surface area contributed by atoms with Crippen LogP contribution in [0.4, 0.5) is 0 Å². The SMILES string of the molecule is CCCCCCCCCCCCCCOc1ccccc1CC(COP(O)OCC[NH2+]C)OC(=O)CC. The highest BCUT2D eigenvalue weighted by Gasteiger charge is 2.20. The van der Waals surface area contributed by atoms with Gasteiger partial charge in [0, 0.05) is 12.8 Å². The molecule has 0 aliphatic heterocycles. The van der Waals surface area contributed by atoms with Crippen LogP contribution in [0.25, 0.3) is 0 Å². The van der Waals surface area contributed by atoms with Crippen molar-refractivity contribution < 1.29 is 33.5 Å². The summed E-state index contributed by atoms with van der Waals surface area (Å²) in [6.07, 6.45) is 16.0. The van der Waals surface area contributed by atoms with Crippen molar-refractivity contribution in [2.24, 2.45) is 0 Å². The van der Waals surface area contributed by atoms with Crippen molar-refractivity contribution in [2.45, 2.75) is 110 Å². The fourth-order valence-electron chi connectivity index (χ4n) is 4.02. The third kappa shape index (κ3) is 18.6. The zero-order chi connectivity index (χ0) is 27.0. The molecule has 0 aliphatic rings. The van der Waals surface area contributed by atoms with E-state index in [-0.39, 0.29) is 19.0 Å². The number of carbonyl (C=O) groups is 1. The van der Waals surface area contributed by atoms with Gasteiger partial charge in [-0.15, -0.1) is 0 Å². The number of nitrogens with two attached hydrogens (primary N) is 1. The number of esters is 1. The van der Waals surface area contributed by atoms with Crippen molar-refractivity contribution >= 4 is 14.6 Å². The number of benzene rings is 1. The zero-order valence-electron chi connectivity index (χ0n) is 23.6. The number of carbonyl (C=O) groups excluding carboxylic acids is 1. The summed E-state index contributed by atoms with van der Waals surface area (Å²) in [6.45, 7) is 5.90. The van der Waals surface area contributed by atoms with Gasteiger partial charge >= 0.3 is 14.6 Å². The van der Waals surface area contributed by atoms with E-state index >= 15 is 0 Å². The molecular formula is C29H53NO6P+. The van der Waals surface area contributed by atoms with Gasteiger partial charge in [0.15, 0.2) is 0 Å². The Balaban J connectivity index is 2.35. The lowest BCUT2D eigenvalue weighted by molar-refractivity contribution is -0.627. The Labute approximate surface area is 227 Å². The van der Waals surface area contributed by atoms with Gasteiger partial charge in [0.05, 0.1) is 26.8 Å². The number of rotatable bonds is 25. The first-order chi connectivity index (χ1) is 18.1. The predicted octanol–water partition coefficient (Wildman–Crippen LogP) is 6.08. The van der Waals surface area contributed by atoms with Gasteiger partial charge in [0.1, 0.15) is 18.5 Å². The van der Waals surface area contributed by atoms with Crippen molar-refractivity contribution in [3.8, 4) is 5.75 Å². The molecule has 1 rings (SSSR count). The second-order valence-corrected chi connectivity index (χ2v) is 10.6. The molecule has 214 valence electrons.